The molecule has 0 aliphatic carbocycles. The van der Waals surface area contributed by atoms with E-state index in [0.29, 0.717) is 11.1 Å². The maximum atomic E-state index is 14.0. The SMILES string of the molecule is Cc1cccc(C(=O)c2ccc(C(C)(C)C)cc2)c1F. The van der Waals surface area contributed by atoms with Crippen molar-refractivity contribution in [2.45, 2.75) is 33.1 Å². The van der Waals surface area contributed by atoms with E-state index in [4.69, 9.17) is 0 Å². The molecule has 1 nitrogen and oxygen atoms in total. The van der Waals surface area contributed by atoms with Gasteiger partial charge in [0.15, 0.2) is 5.78 Å². The molecule has 2 heteroatoms. The second-order valence-corrected chi connectivity index (χ2v) is 6.09. The molecule has 2 rings (SSSR count). The summed E-state index contributed by atoms with van der Waals surface area (Å²) in [7, 11) is 0. The van der Waals surface area contributed by atoms with Crippen LogP contribution >= 0.6 is 0 Å². The third kappa shape index (κ3) is 2.79. The van der Waals surface area contributed by atoms with Gasteiger partial charge in [-0.25, -0.2) is 4.39 Å². The Bertz CT molecular complexity index is 633. The van der Waals surface area contributed by atoms with Gasteiger partial charge in [0.1, 0.15) is 5.82 Å². The Morgan fingerprint density at radius 3 is 2.15 bits per heavy atom. The molecule has 2 aromatic carbocycles. The zero-order chi connectivity index (χ0) is 14.9. The molecule has 0 aliphatic heterocycles. The van der Waals surface area contributed by atoms with E-state index in [1.54, 1.807) is 31.2 Å². The average molecular weight is 270 g/mol. The fourth-order valence-electron chi connectivity index (χ4n) is 2.10. The molecule has 20 heavy (non-hydrogen) atoms. The number of aryl methyl sites for hydroxylation is 1. The minimum absolute atomic E-state index is 0.0379. The number of hydrogen-bond acceptors (Lipinski definition) is 1. The lowest BCUT2D eigenvalue weighted by molar-refractivity contribution is 0.103. The van der Waals surface area contributed by atoms with E-state index < -0.39 is 5.82 Å². The maximum absolute atomic E-state index is 14.0. The summed E-state index contributed by atoms with van der Waals surface area (Å²) in [5, 5.41) is 0. The van der Waals surface area contributed by atoms with E-state index in [1.165, 1.54) is 6.07 Å². The average Bonchev–Trinajstić information content (AvgIpc) is 2.40. The summed E-state index contributed by atoms with van der Waals surface area (Å²) in [5.41, 5.74) is 2.33. The number of halogens is 1. The third-order valence-corrected chi connectivity index (χ3v) is 3.45. The summed E-state index contributed by atoms with van der Waals surface area (Å²) < 4.78 is 14.0. The Labute approximate surface area is 119 Å². The largest absolute Gasteiger partial charge is 0.288 e. The van der Waals surface area contributed by atoms with Gasteiger partial charge in [-0.2, -0.15) is 0 Å². The molecule has 0 radical (unpaired) electrons. The molecule has 0 saturated heterocycles. The summed E-state index contributed by atoms with van der Waals surface area (Å²) in [6.45, 7) is 8.01. The van der Waals surface area contributed by atoms with Crippen molar-refractivity contribution in [2.24, 2.45) is 0 Å². The van der Waals surface area contributed by atoms with E-state index in [1.807, 2.05) is 12.1 Å². The fraction of sp³-hybridized carbons (Fsp3) is 0.278. The third-order valence-electron chi connectivity index (χ3n) is 3.45. The number of benzene rings is 2. The number of rotatable bonds is 2. The van der Waals surface area contributed by atoms with Gasteiger partial charge in [0.25, 0.3) is 0 Å². The molecule has 2 aromatic rings. The van der Waals surface area contributed by atoms with Crippen LogP contribution in [0.2, 0.25) is 0 Å². The summed E-state index contributed by atoms with van der Waals surface area (Å²) >= 11 is 0. The number of carbonyl (C=O) groups is 1. The van der Waals surface area contributed by atoms with E-state index in [9.17, 15) is 9.18 Å². The van der Waals surface area contributed by atoms with Crippen molar-refractivity contribution in [1.29, 1.82) is 0 Å². The molecule has 0 spiro atoms. The van der Waals surface area contributed by atoms with Crippen LogP contribution in [-0.2, 0) is 5.41 Å². The second-order valence-electron chi connectivity index (χ2n) is 6.09. The number of ketones is 1. The summed E-state index contributed by atoms with van der Waals surface area (Å²) in [6.07, 6.45) is 0. The van der Waals surface area contributed by atoms with Gasteiger partial charge in [0.2, 0.25) is 0 Å². The Hall–Kier alpha value is -1.96. The van der Waals surface area contributed by atoms with E-state index in [0.717, 1.165) is 5.56 Å². The lowest BCUT2D eigenvalue weighted by Crippen LogP contribution is -2.12. The molecular formula is C18H19FO. The smallest absolute Gasteiger partial charge is 0.195 e. The second kappa shape index (κ2) is 5.20. The normalized spacial score (nSPS) is 11.4. The minimum Gasteiger partial charge on any atom is -0.288 e. The molecule has 0 bridgehead atoms. The van der Waals surface area contributed by atoms with Crippen molar-refractivity contribution in [2.75, 3.05) is 0 Å². The Morgan fingerprint density at radius 1 is 1.00 bits per heavy atom. The molecule has 0 amide bonds. The van der Waals surface area contributed by atoms with Gasteiger partial charge in [0.05, 0.1) is 5.56 Å². The Morgan fingerprint density at radius 2 is 1.60 bits per heavy atom. The molecule has 0 aliphatic rings. The van der Waals surface area contributed by atoms with Crippen LogP contribution < -0.4 is 0 Å². The van der Waals surface area contributed by atoms with Crippen molar-refractivity contribution in [1.82, 2.24) is 0 Å². The molecule has 0 N–H and O–H groups in total. The van der Waals surface area contributed by atoms with Gasteiger partial charge in [0, 0.05) is 5.56 Å². The highest BCUT2D eigenvalue weighted by Gasteiger charge is 2.17. The predicted molar refractivity (Wildman–Crippen MR) is 79.7 cm³/mol. The van der Waals surface area contributed by atoms with Crippen LogP contribution in [0, 0.1) is 12.7 Å². The molecule has 104 valence electrons. The van der Waals surface area contributed by atoms with Crippen LogP contribution in [0.4, 0.5) is 4.39 Å². The first-order valence-electron chi connectivity index (χ1n) is 6.71. The van der Waals surface area contributed by atoms with E-state index in [-0.39, 0.29) is 16.8 Å². The van der Waals surface area contributed by atoms with Crippen LogP contribution in [0.25, 0.3) is 0 Å². The maximum Gasteiger partial charge on any atom is 0.195 e. The number of carbonyl (C=O) groups excluding carboxylic acids is 1. The van der Waals surface area contributed by atoms with Crippen molar-refractivity contribution in [3.63, 3.8) is 0 Å². The molecule has 0 saturated carbocycles. The first-order valence-corrected chi connectivity index (χ1v) is 6.71. The zero-order valence-electron chi connectivity index (χ0n) is 12.3. The summed E-state index contributed by atoms with van der Waals surface area (Å²) in [4.78, 5) is 12.3. The highest BCUT2D eigenvalue weighted by atomic mass is 19.1. The molecule has 0 fully saturated rings. The van der Waals surface area contributed by atoms with Crippen LogP contribution in [0.3, 0.4) is 0 Å². The van der Waals surface area contributed by atoms with Gasteiger partial charge in [-0.1, -0.05) is 57.2 Å². The standard InChI is InChI=1S/C18H19FO/c1-12-6-5-7-15(16(12)19)17(20)13-8-10-14(11-9-13)18(2,3)4/h5-11H,1-4H3. The van der Waals surface area contributed by atoms with Crippen molar-refractivity contribution >= 4 is 5.78 Å². The van der Waals surface area contributed by atoms with Gasteiger partial charge in [-0.3, -0.25) is 4.79 Å². The lowest BCUT2D eigenvalue weighted by atomic mass is 9.86. The van der Waals surface area contributed by atoms with Crippen molar-refractivity contribution in [3.05, 3.63) is 70.5 Å². The quantitative estimate of drug-likeness (QED) is 0.725. The topological polar surface area (TPSA) is 17.1 Å². The van der Waals surface area contributed by atoms with Crippen LogP contribution in [0.1, 0.15) is 47.8 Å². The van der Waals surface area contributed by atoms with Gasteiger partial charge >= 0.3 is 0 Å². The molecular weight excluding hydrogens is 251 g/mol. The monoisotopic (exact) mass is 270 g/mol. The van der Waals surface area contributed by atoms with Crippen LogP contribution in [0.15, 0.2) is 42.5 Å². The van der Waals surface area contributed by atoms with E-state index in [2.05, 4.69) is 20.8 Å². The van der Waals surface area contributed by atoms with Gasteiger partial charge < -0.3 is 0 Å². The summed E-state index contributed by atoms with van der Waals surface area (Å²) in [5.74, 6) is -0.705. The summed E-state index contributed by atoms with van der Waals surface area (Å²) in [6, 6.07) is 12.3. The zero-order valence-corrected chi connectivity index (χ0v) is 12.3. The van der Waals surface area contributed by atoms with Crippen LogP contribution in [0.5, 0.6) is 0 Å². The van der Waals surface area contributed by atoms with E-state index >= 15 is 0 Å². The Kier molecular flexibility index (Phi) is 3.76. The highest BCUT2D eigenvalue weighted by Crippen LogP contribution is 2.23. The lowest BCUT2D eigenvalue weighted by Gasteiger charge is -2.19. The highest BCUT2D eigenvalue weighted by molar-refractivity contribution is 6.09. The molecule has 0 aromatic heterocycles. The number of hydrogen-bond donors (Lipinski definition) is 0. The first kappa shape index (κ1) is 14.4. The van der Waals surface area contributed by atoms with Gasteiger partial charge in [-0.05, 0) is 29.5 Å². The minimum atomic E-state index is -0.433. The molecule has 0 heterocycles. The first-order chi connectivity index (χ1) is 9.30. The fourth-order valence-corrected chi connectivity index (χ4v) is 2.10. The molecule has 0 atom stereocenters. The Balaban J connectivity index is 2.37. The predicted octanol–water partition coefficient (Wildman–Crippen LogP) is 4.66. The van der Waals surface area contributed by atoms with Crippen molar-refractivity contribution < 1.29 is 9.18 Å². The van der Waals surface area contributed by atoms with Crippen molar-refractivity contribution in [3.8, 4) is 0 Å². The molecule has 0 unspecified atom stereocenters. The van der Waals surface area contributed by atoms with Gasteiger partial charge in [-0.15, -0.1) is 0 Å². The van der Waals surface area contributed by atoms with Crippen LogP contribution in [-0.4, -0.2) is 5.78 Å².